The maximum atomic E-state index is 12.3. The Balaban J connectivity index is 0.000000330. The van der Waals surface area contributed by atoms with Crippen LogP contribution in [-0.2, 0) is 52.3 Å². The maximum absolute atomic E-state index is 12.3. The average molecular weight is 1200 g/mol. The van der Waals surface area contributed by atoms with Gasteiger partial charge in [0, 0.05) is 94.2 Å². The Labute approximate surface area is 554 Å². The molecule has 0 bridgehead atoms. The summed E-state index contributed by atoms with van der Waals surface area (Å²) in [5.74, 6) is 2.04. The number of morpholine rings is 2. The Bertz CT molecular complexity index is 3220. The van der Waals surface area contributed by atoms with Gasteiger partial charge < -0.3 is 40.0 Å². The van der Waals surface area contributed by atoms with E-state index < -0.39 is 20.0 Å². The largest absolute Gasteiger partial charge is 1.00 e. The van der Waals surface area contributed by atoms with Crippen molar-refractivity contribution in [3.8, 4) is 46.2 Å². The van der Waals surface area contributed by atoms with Crippen molar-refractivity contribution in [1.82, 2.24) is 18.9 Å². The van der Waals surface area contributed by atoms with Gasteiger partial charge in [-0.2, -0.15) is 10.5 Å². The third-order valence-corrected chi connectivity index (χ3v) is 17.2. The van der Waals surface area contributed by atoms with E-state index in [0.29, 0.717) is 68.1 Å². The molecule has 4 saturated heterocycles. The second-order valence-electron chi connectivity index (χ2n) is 17.8. The fraction of sp³-hybridized carbons (Fsp3) is 0.415. The Morgan fingerprint density at radius 3 is 1.49 bits per heavy atom. The van der Waals surface area contributed by atoms with E-state index in [1.54, 1.807) is 30.3 Å². The fourth-order valence-corrected chi connectivity index (χ4v) is 13.1. The predicted octanol–water partition coefficient (Wildman–Crippen LogP) is 0.431. The van der Waals surface area contributed by atoms with Crippen LogP contribution in [0, 0.1) is 22.7 Å². The molecule has 0 amide bonds. The number of nitrogens with zero attached hydrogens (tertiary/aromatic N) is 8. The van der Waals surface area contributed by atoms with Crippen LogP contribution in [-0.4, -0.2) is 150 Å². The molecule has 0 atom stereocenters. The summed E-state index contributed by atoms with van der Waals surface area (Å²) in [5, 5.41) is 39.7. The summed E-state index contributed by atoms with van der Waals surface area (Å²) in [6, 6.07) is 30.3. The first-order chi connectivity index (χ1) is 36.3. The second-order valence-corrected chi connectivity index (χ2v) is 22.2. The molecule has 78 heavy (non-hydrogen) atoms. The number of carbonyl (C=O) groups excluding carboxylic acids is 1. The number of aromatic hydroxyl groups is 1. The third-order valence-electron chi connectivity index (χ3n) is 13.3. The Morgan fingerprint density at radius 1 is 0.679 bits per heavy atom. The molecule has 4 aliphatic rings. The summed E-state index contributed by atoms with van der Waals surface area (Å²) in [6.45, 7) is 15.9. The molecule has 0 unspecified atom stereocenters. The van der Waals surface area contributed by atoms with Crippen LogP contribution in [0.4, 0.5) is 11.4 Å². The molecule has 0 spiro atoms. The number of benzene rings is 4. The van der Waals surface area contributed by atoms with Gasteiger partial charge in [0.15, 0.2) is 0 Å². The van der Waals surface area contributed by atoms with E-state index >= 15 is 0 Å². The van der Waals surface area contributed by atoms with Crippen LogP contribution >= 0.6 is 24.0 Å². The Hall–Kier alpha value is -2.84. The van der Waals surface area contributed by atoms with Crippen molar-refractivity contribution >= 4 is 83.7 Å². The molecule has 4 aromatic carbocycles. The molecule has 4 aliphatic heterocycles. The summed E-state index contributed by atoms with van der Waals surface area (Å²) in [6.07, 6.45) is 1.28. The number of nitriles is 2. The van der Waals surface area contributed by atoms with Crippen molar-refractivity contribution in [2.75, 3.05) is 111 Å². The monoisotopic (exact) mass is 1200 g/mol. The minimum atomic E-state index is -3.23. The number of fused-ring (bicyclic) bond motifs is 2. The SMILES string of the molecule is CCn1c(-c2ccc(N3CCCS3(=O)=O)cc2)c(C#N)c2ccc(O)cc21.CCn1c(-c2ccc(N3CCCS3(=O)=O)cc2)c(C#N)c2ccc(OCCN3CCOCC3)cc21.Cl.ClCCN1CCOCC1.O=CO[O-].[H-].[K+].[K+]. The number of carbonyl (C=O) groups is 1. The van der Waals surface area contributed by atoms with E-state index in [1.807, 2.05) is 66.1 Å². The molecule has 10 rings (SSSR count). The number of alkyl halides is 1. The molecular weight excluding hydrogens is 1140 g/mol. The zero-order valence-corrected chi connectivity index (χ0v) is 54.0. The first-order valence-corrected chi connectivity index (χ1v) is 28.6. The number of sulfonamides is 2. The Kier molecular flexibility index (Phi) is 28.4. The number of aryl methyl sites for hydroxylation is 2. The molecule has 0 saturated carbocycles. The van der Waals surface area contributed by atoms with Crippen LogP contribution in [0.2, 0.25) is 0 Å². The smallest absolute Gasteiger partial charge is 1.00 e. The summed E-state index contributed by atoms with van der Waals surface area (Å²) >= 11 is 5.55. The number of aromatic nitrogens is 2. The van der Waals surface area contributed by atoms with E-state index in [9.17, 15) is 32.5 Å². The quantitative estimate of drug-likeness (QED) is 0.0543. The number of anilines is 2. The van der Waals surface area contributed by atoms with Gasteiger partial charge in [-0.3, -0.25) is 23.2 Å². The molecule has 410 valence electrons. The van der Waals surface area contributed by atoms with Crippen LogP contribution in [0.1, 0.15) is 39.2 Å². The molecule has 1 N–H and O–H groups in total. The van der Waals surface area contributed by atoms with Gasteiger partial charge >= 0.3 is 103 Å². The van der Waals surface area contributed by atoms with E-state index in [2.05, 4.69) is 38.3 Å². The zero-order valence-electron chi connectivity index (χ0n) is 45.5. The molecular formula is C53H64Cl2K2N8O11S2. The van der Waals surface area contributed by atoms with Gasteiger partial charge in [-0.1, -0.05) is 24.3 Å². The van der Waals surface area contributed by atoms with Crippen LogP contribution in [0.25, 0.3) is 44.3 Å². The second kappa shape index (κ2) is 32.7. The molecule has 2 aromatic heterocycles. The zero-order chi connectivity index (χ0) is 53.5. The number of phenols is 1. The topological polar surface area (TPSA) is 236 Å². The van der Waals surface area contributed by atoms with Crippen molar-refractivity contribution in [3.63, 3.8) is 0 Å². The summed E-state index contributed by atoms with van der Waals surface area (Å²) in [7, 11) is -6.45. The van der Waals surface area contributed by atoms with Crippen LogP contribution in [0.3, 0.4) is 0 Å². The Morgan fingerprint density at radius 2 is 1.10 bits per heavy atom. The molecule has 6 aromatic rings. The number of ether oxygens (including phenoxy) is 3. The van der Waals surface area contributed by atoms with Gasteiger partial charge in [0.05, 0.1) is 82.9 Å². The molecule has 0 aliphatic carbocycles. The van der Waals surface area contributed by atoms with E-state index in [0.717, 1.165) is 122 Å². The molecule has 19 nitrogen and oxygen atoms in total. The van der Waals surface area contributed by atoms with Crippen molar-refractivity contribution in [2.45, 2.75) is 39.8 Å². The number of hydrogen-bond acceptors (Lipinski definition) is 15. The summed E-state index contributed by atoms with van der Waals surface area (Å²) in [4.78, 5) is 15.9. The van der Waals surface area contributed by atoms with Gasteiger partial charge in [0.1, 0.15) is 30.2 Å². The first kappa shape index (κ1) is 67.7. The van der Waals surface area contributed by atoms with Crippen molar-refractivity contribution in [3.05, 3.63) is 96.1 Å². The fourth-order valence-electron chi connectivity index (χ4n) is 9.73. The number of halogens is 2. The van der Waals surface area contributed by atoms with Crippen LogP contribution < -0.4 is 121 Å². The van der Waals surface area contributed by atoms with Gasteiger partial charge in [-0.25, -0.2) is 16.8 Å². The standard InChI is InChI=1S/C26H30N4O4S.C20H19N3O3S.C6H12ClNO.CH2O3.ClH.2K.H/c1-2-29-25-18-22(34-16-13-28-11-14-33-15-12-28)8-9-23(25)24(19-27)26(29)20-4-6-21(7-5-20)30-10-3-17-35(30,31)32;1-2-22-19-12-16(24)8-9-17(19)18(13-21)20(22)14-4-6-15(7-5-14)23-10-3-11-27(23,25)26;7-1-2-8-3-5-9-6-4-8;2-1-4-3;;;;/h4-9,18H,2-3,10-17H2,1H3;4-9,12,24H,2-3,10-11H2,1H3;1-6H2;1,3H;1H;;;/q;;;;;2*+1;-1/p-1. The third kappa shape index (κ3) is 16.7. The average Bonchev–Trinajstić information content (AvgIpc) is 4.25. The number of phenolic OH excluding ortho intramolecular Hbond substituents is 1. The van der Waals surface area contributed by atoms with Crippen molar-refractivity contribution < 1.29 is 155 Å². The van der Waals surface area contributed by atoms with Gasteiger partial charge in [-0.15, -0.1) is 24.0 Å². The van der Waals surface area contributed by atoms with Crippen molar-refractivity contribution in [2.24, 2.45) is 0 Å². The van der Waals surface area contributed by atoms with Crippen LogP contribution in [0.5, 0.6) is 11.5 Å². The molecule has 0 radical (unpaired) electrons. The minimum Gasteiger partial charge on any atom is -1.00 e. The summed E-state index contributed by atoms with van der Waals surface area (Å²) < 4.78 is 72.5. The van der Waals surface area contributed by atoms with E-state index in [4.69, 9.17) is 35.9 Å². The van der Waals surface area contributed by atoms with Gasteiger partial charge in [-0.05, 0) is 86.3 Å². The first-order valence-electron chi connectivity index (χ1n) is 24.9. The predicted molar refractivity (Wildman–Crippen MR) is 295 cm³/mol. The van der Waals surface area contributed by atoms with Gasteiger partial charge in [0.25, 0.3) is 6.47 Å². The van der Waals surface area contributed by atoms with Crippen molar-refractivity contribution in [1.29, 1.82) is 10.5 Å². The number of hydrogen-bond donors (Lipinski definition) is 1. The van der Waals surface area contributed by atoms with E-state index in [-0.39, 0.29) is 140 Å². The van der Waals surface area contributed by atoms with Crippen LogP contribution in [0.15, 0.2) is 84.9 Å². The van der Waals surface area contributed by atoms with E-state index in [1.165, 1.54) is 8.61 Å². The molecule has 4 fully saturated rings. The number of rotatable bonds is 13. The maximum Gasteiger partial charge on any atom is 1.00 e. The normalized spacial score (nSPS) is 16.5. The molecule has 6 heterocycles. The minimum absolute atomic E-state index is 0. The summed E-state index contributed by atoms with van der Waals surface area (Å²) in [5.41, 5.74) is 7.56. The van der Waals surface area contributed by atoms with Gasteiger partial charge in [0.2, 0.25) is 20.0 Å². The molecule has 25 heteroatoms.